The quantitative estimate of drug-likeness (QED) is 0.690. The van der Waals surface area contributed by atoms with E-state index in [2.05, 4.69) is 13.2 Å². The Hall–Kier alpha value is -2.23. The number of hydrogen-bond acceptors (Lipinski definition) is 3. The first-order chi connectivity index (χ1) is 10.5. The molecule has 0 fully saturated rings. The molecule has 1 aromatic carbocycles. The highest BCUT2D eigenvalue weighted by Gasteiger charge is 2.19. The van der Waals surface area contributed by atoms with E-state index in [1.165, 1.54) is 0 Å². The maximum atomic E-state index is 12.7. The van der Waals surface area contributed by atoms with Gasteiger partial charge >= 0.3 is 0 Å². The number of carbonyl (C=O) groups is 1. The van der Waals surface area contributed by atoms with Gasteiger partial charge in [-0.3, -0.25) is 4.79 Å². The van der Waals surface area contributed by atoms with Crippen molar-refractivity contribution in [2.45, 2.75) is 20.3 Å². The summed E-state index contributed by atoms with van der Waals surface area (Å²) in [6.07, 6.45) is 2.38. The van der Waals surface area contributed by atoms with Crippen molar-refractivity contribution in [3.05, 3.63) is 48.1 Å². The van der Waals surface area contributed by atoms with Gasteiger partial charge in [0.1, 0.15) is 0 Å². The Morgan fingerprint density at radius 2 is 2.00 bits per heavy atom. The van der Waals surface area contributed by atoms with Crippen LogP contribution < -0.4 is 9.47 Å². The summed E-state index contributed by atoms with van der Waals surface area (Å²) in [7, 11) is 3.15. The molecule has 0 saturated carbocycles. The summed E-state index contributed by atoms with van der Waals surface area (Å²) in [4.78, 5) is 14.4. The molecule has 0 unspecified atom stereocenters. The van der Waals surface area contributed by atoms with Crippen LogP contribution in [0.4, 0.5) is 0 Å². The van der Waals surface area contributed by atoms with Gasteiger partial charge in [-0.15, -0.1) is 6.58 Å². The molecule has 0 radical (unpaired) electrons. The summed E-state index contributed by atoms with van der Waals surface area (Å²) < 4.78 is 10.8. The molecule has 0 atom stereocenters. The molecule has 0 saturated heterocycles. The van der Waals surface area contributed by atoms with Gasteiger partial charge in [0.25, 0.3) is 5.91 Å². The highest BCUT2D eigenvalue weighted by atomic mass is 16.5. The molecule has 0 bridgehead atoms. The Balaban J connectivity index is 3.28. The zero-order valence-electron chi connectivity index (χ0n) is 13.9. The molecule has 4 heteroatoms. The van der Waals surface area contributed by atoms with Crippen LogP contribution in [0, 0.1) is 0 Å². The molecule has 0 aliphatic heterocycles. The van der Waals surface area contributed by atoms with E-state index in [-0.39, 0.29) is 5.91 Å². The van der Waals surface area contributed by atoms with Gasteiger partial charge in [0.2, 0.25) is 0 Å². The summed E-state index contributed by atoms with van der Waals surface area (Å²) in [5.74, 6) is 1.15. The van der Waals surface area contributed by atoms with Crippen LogP contribution >= 0.6 is 0 Å². The Morgan fingerprint density at radius 1 is 1.32 bits per heavy atom. The number of benzene rings is 1. The van der Waals surface area contributed by atoms with Gasteiger partial charge in [-0.25, -0.2) is 0 Å². The van der Waals surface area contributed by atoms with Crippen LogP contribution in [-0.2, 0) is 6.42 Å². The minimum absolute atomic E-state index is 0.0447. The van der Waals surface area contributed by atoms with Gasteiger partial charge in [-0.05, 0) is 32.4 Å². The number of hydrogen-bond donors (Lipinski definition) is 0. The lowest BCUT2D eigenvalue weighted by Gasteiger charge is -2.22. The van der Waals surface area contributed by atoms with Gasteiger partial charge in [0, 0.05) is 24.2 Å². The van der Waals surface area contributed by atoms with Crippen molar-refractivity contribution in [2.24, 2.45) is 0 Å². The maximum Gasteiger partial charge on any atom is 0.254 e. The van der Waals surface area contributed by atoms with Gasteiger partial charge in [-0.2, -0.15) is 0 Å². The van der Waals surface area contributed by atoms with Crippen molar-refractivity contribution in [1.29, 1.82) is 0 Å². The number of ether oxygens (including phenoxy) is 2. The van der Waals surface area contributed by atoms with E-state index >= 15 is 0 Å². The summed E-state index contributed by atoms with van der Waals surface area (Å²) in [6, 6.07) is 3.56. The fourth-order valence-electron chi connectivity index (χ4n) is 2.31. The van der Waals surface area contributed by atoms with E-state index in [0.29, 0.717) is 36.6 Å². The van der Waals surface area contributed by atoms with Crippen molar-refractivity contribution in [1.82, 2.24) is 4.90 Å². The number of allylic oxidation sites excluding steroid dienone is 1. The summed E-state index contributed by atoms with van der Waals surface area (Å²) in [5, 5.41) is 0. The van der Waals surface area contributed by atoms with Crippen molar-refractivity contribution in [2.75, 3.05) is 27.3 Å². The normalized spacial score (nSPS) is 10.0. The number of carbonyl (C=O) groups excluding carboxylic acids is 1. The predicted molar refractivity (Wildman–Crippen MR) is 89.8 cm³/mol. The average molecular weight is 303 g/mol. The zero-order valence-corrected chi connectivity index (χ0v) is 13.9. The highest BCUT2D eigenvalue weighted by Crippen LogP contribution is 2.33. The SMILES string of the molecule is C=CCc1cc(C(=O)N(CC)CC(=C)C)cc(OC)c1OC. The van der Waals surface area contributed by atoms with Crippen LogP contribution in [-0.4, -0.2) is 38.1 Å². The first kappa shape index (κ1) is 17.8. The standard InChI is InChI=1S/C18H25NO3/c1-7-9-14-10-15(11-16(21-5)17(14)22-6)18(20)19(8-2)12-13(3)4/h7,10-11H,1,3,8-9,12H2,2,4-6H3. The predicted octanol–water partition coefficient (Wildman–Crippen LogP) is 3.47. The number of amides is 1. The molecular formula is C18H25NO3. The second-order valence-electron chi connectivity index (χ2n) is 5.14. The second-order valence-corrected chi connectivity index (χ2v) is 5.14. The van der Waals surface area contributed by atoms with Crippen LogP contribution in [0.2, 0.25) is 0 Å². The van der Waals surface area contributed by atoms with Crippen LogP contribution in [0.5, 0.6) is 11.5 Å². The summed E-state index contributed by atoms with van der Waals surface area (Å²) >= 11 is 0. The van der Waals surface area contributed by atoms with Gasteiger partial charge < -0.3 is 14.4 Å². The molecule has 22 heavy (non-hydrogen) atoms. The number of rotatable bonds is 8. The van der Waals surface area contributed by atoms with E-state index in [1.807, 2.05) is 19.9 Å². The van der Waals surface area contributed by atoms with Crippen molar-refractivity contribution in [3.63, 3.8) is 0 Å². The molecule has 1 rings (SSSR count). The molecule has 0 N–H and O–H groups in total. The van der Waals surface area contributed by atoms with Crippen LogP contribution in [0.3, 0.4) is 0 Å². The molecule has 0 aromatic heterocycles. The monoisotopic (exact) mass is 303 g/mol. The average Bonchev–Trinajstić information content (AvgIpc) is 2.51. The molecule has 1 aromatic rings. The Labute approximate surface area is 133 Å². The smallest absolute Gasteiger partial charge is 0.254 e. The third-order valence-electron chi connectivity index (χ3n) is 3.30. The second kappa shape index (κ2) is 8.27. The highest BCUT2D eigenvalue weighted by molar-refractivity contribution is 5.95. The molecule has 1 amide bonds. The Kier molecular flexibility index (Phi) is 6.70. The van der Waals surface area contributed by atoms with E-state index in [9.17, 15) is 4.79 Å². The fourth-order valence-corrected chi connectivity index (χ4v) is 2.31. The van der Waals surface area contributed by atoms with E-state index in [1.54, 1.807) is 31.3 Å². The third-order valence-corrected chi connectivity index (χ3v) is 3.30. The molecule has 0 aliphatic carbocycles. The summed E-state index contributed by atoms with van der Waals surface area (Å²) in [6.45, 7) is 12.6. The molecule has 0 aliphatic rings. The molecule has 120 valence electrons. The molecule has 4 nitrogen and oxygen atoms in total. The fraction of sp³-hybridized carbons (Fsp3) is 0.389. The Morgan fingerprint density at radius 3 is 2.45 bits per heavy atom. The number of methoxy groups -OCH3 is 2. The van der Waals surface area contributed by atoms with Crippen LogP contribution in [0.1, 0.15) is 29.8 Å². The minimum Gasteiger partial charge on any atom is -0.493 e. The van der Waals surface area contributed by atoms with E-state index in [0.717, 1.165) is 11.1 Å². The lowest BCUT2D eigenvalue weighted by molar-refractivity contribution is 0.0778. The molecule has 0 heterocycles. The van der Waals surface area contributed by atoms with Crippen molar-refractivity contribution >= 4 is 5.91 Å². The first-order valence-electron chi connectivity index (χ1n) is 7.27. The van der Waals surface area contributed by atoms with E-state index < -0.39 is 0 Å². The Bertz CT molecular complexity index is 564. The largest absolute Gasteiger partial charge is 0.493 e. The third kappa shape index (κ3) is 4.13. The number of nitrogens with zero attached hydrogens (tertiary/aromatic N) is 1. The molecular weight excluding hydrogens is 278 g/mol. The van der Waals surface area contributed by atoms with Crippen molar-refractivity contribution < 1.29 is 14.3 Å². The number of likely N-dealkylation sites (N-methyl/N-ethyl adjacent to an activating group) is 1. The molecule has 0 spiro atoms. The van der Waals surface area contributed by atoms with Crippen molar-refractivity contribution in [3.8, 4) is 11.5 Å². The lowest BCUT2D eigenvalue weighted by atomic mass is 10.0. The van der Waals surface area contributed by atoms with Gasteiger partial charge in [-0.1, -0.05) is 18.2 Å². The topological polar surface area (TPSA) is 38.8 Å². The van der Waals surface area contributed by atoms with Crippen LogP contribution in [0.25, 0.3) is 0 Å². The minimum atomic E-state index is -0.0447. The zero-order chi connectivity index (χ0) is 16.7. The van der Waals surface area contributed by atoms with Crippen LogP contribution in [0.15, 0.2) is 36.9 Å². The van der Waals surface area contributed by atoms with E-state index in [4.69, 9.17) is 9.47 Å². The lowest BCUT2D eigenvalue weighted by Crippen LogP contribution is -2.32. The van der Waals surface area contributed by atoms with Gasteiger partial charge in [0.15, 0.2) is 11.5 Å². The van der Waals surface area contributed by atoms with Gasteiger partial charge in [0.05, 0.1) is 14.2 Å². The maximum absolute atomic E-state index is 12.7. The first-order valence-corrected chi connectivity index (χ1v) is 7.27. The summed E-state index contributed by atoms with van der Waals surface area (Å²) in [5.41, 5.74) is 2.41.